The summed E-state index contributed by atoms with van der Waals surface area (Å²) in [5, 5.41) is 12.0. The average molecular weight is 336 g/mol. The Morgan fingerprint density at radius 2 is 1.90 bits per heavy atom. The Labute approximate surface area is 122 Å². The van der Waals surface area contributed by atoms with Crippen molar-refractivity contribution in [2.45, 2.75) is 0 Å². The fourth-order valence-electron chi connectivity index (χ4n) is 1.58. The number of hydrogen-bond donors (Lipinski definition) is 3. The number of carbonyl (C=O) groups excluding carboxylic acids is 1. The zero-order valence-corrected chi connectivity index (χ0v) is 11.7. The van der Waals surface area contributed by atoms with Gasteiger partial charge >= 0.3 is 5.97 Å². The summed E-state index contributed by atoms with van der Waals surface area (Å²) < 4.78 is 0.489. The fraction of sp³-hybridized carbons (Fsp3) is 0. The molecule has 0 bridgehead atoms. The lowest BCUT2D eigenvalue weighted by Gasteiger charge is -2.08. The van der Waals surface area contributed by atoms with E-state index in [4.69, 9.17) is 10.8 Å². The number of nitrogens with one attached hydrogen (secondary N) is 1. The number of carboxylic acids is 1. The Morgan fingerprint density at radius 1 is 1.20 bits per heavy atom. The summed E-state index contributed by atoms with van der Waals surface area (Å²) >= 11 is 3.17. The lowest BCUT2D eigenvalue weighted by atomic mass is 10.2. The molecule has 102 valence electrons. The molecule has 0 aliphatic carbocycles. The Balaban J connectivity index is 2.30. The van der Waals surface area contributed by atoms with E-state index >= 15 is 0 Å². The van der Waals surface area contributed by atoms with E-state index in [1.165, 1.54) is 18.3 Å². The number of aromatic carboxylic acids is 1. The van der Waals surface area contributed by atoms with Crippen molar-refractivity contribution in [3.8, 4) is 0 Å². The maximum atomic E-state index is 11.0. The molecule has 4 N–H and O–H groups in total. The summed E-state index contributed by atoms with van der Waals surface area (Å²) in [7, 11) is 0. The van der Waals surface area contributed by atoms with Gasteiger partial charge in [0.15, 0.2) is 0 Å². The Bertz CT molecular complexity index is 688. The van der Waals surface area contributed by atoms with Gasteiger partial charge in [-0.05, 0) is 46.3 Å². The van der Waals surface area contributed by atoms with Crippen LogP contribution in [-0.2, 0) is 0 Å². The molecule has 1 heterocycles. The molecule has 2 aromatic rings. The maximum Gasteiger partial charge on any atom is 0.336 e. The van der Waals surface area contributed by atoms with E-state index in [1.807, 2.05) is 0 Å². The van der Waals surface area contributed by atoms with Crippen molar-refractivity contribution < 1.29 is 14.7 Å². The van der Waals surface area contributed by atoms with Crippen LogP contribution in [0.1, 0.15) is 20.8 Å². The number of aromatic nitrogens is 1. The topological polar surface area (TPSA) is 105 Å². The lowest BCUT2D eigenvalue weighted by Crippen LogP contribution is -2.13. The van der Waals surface area contributed by atoms with Crippen LogP contribution < -0.4 is 11.1 Å². The SMILES string of the molecule is NC(=O)c1cc(Nc2ccc(Br)c(C(=O)O)c2)ccn1. The van der Waals surface area contributed by atoms with Crippen LogP contribution in [0.25, 0.3) is 0 Å². The molecule has 0 radical (unpaired) electrons. The number of primary amides is 1. The second-order valence-electron chi connectivity index (χ2n) is 3.92. The summed E-state index contributed by atoms with van der Waals surface area (Å²) in [5.41, 5.74) is 6.58. The largest absolute Gasteiger partial charge is 0.478 e. The monoisotopic (exact) mass is 335 g/mol. The third kappa shape index (κ3) is 3.12. The first-order valence-corrected chi connectivity index (χ1v) is 6.32. The first kappa shape index (κ1) is 14.0. The highest BCUT2D eigenvalue weighted by Crippen LogP contribution is 2.23. The van der Waals surface area contributed by atoms with Crippen molar-refractivity contribution in [2.24, 2.45) is 5.73 Å². The molecule has 0 fully saturated rings. The first-order chi connectivity index (χ1) is 9.47. The molecule has 0 saturated carbocycles. The second-order valence-corrected chi connectivity index (χ2v) is 4.77. The third-order valence-electron chi connectivity index (χ3n) is 2.50. The highest BCUT2D eigenvalue weighted by atomic mass is 79.9. The number of carboxylic acid groups (broad SMARTS) is 1. The van der Waals surface area contributed by atoms with Gasteiger partial charge in [-0.15, -0.1) is 0 Å². The number of hydrogen-bond acceptors (Lipinski definition) is 4. The van der Waals surface area contributed by atoms with E-state index in [-0.39, 0.29) is 11.3 Å². The molecular weight excluding hydrogens is 326 g/mol. The van der Waals surface area contributed by atoms with E-state index in [0.29, 0.717) is 15.8 Å². The van der Waals surface area contributed by atoms with E-state index in [2.05, 4.69) is 26.2 Å². The molecular formula is C13H10BrN3O3. The van der Waals surface area contributed by atoms with Crippen LogP contribution in [0.2, 0.25) is 0 Å². The van der Waals surface area contributed by atoms with Crippen LogP contribution in [0.5, 0.6) is 0 Å². The summed E-state index contributed by atoms with van der Waals surface area (Å²) in [5.74, 6) is -1.66. The summed E-state index contributed by atoms with van der Waals surface area (Å²) in [4.78, 5) is 25.9. The molecule has 0 aliphatic heterocycles. The summed E-state index contributed by atoms with van der Waals surface area (Å²) in [6.45, 7) is 0. The minimum atomic E-state index is -1.03. The van der Waals surface area contributed by atoms with Gasteiger partial charge in [0, 0.05) is 22.0 Å². The number of anilines is 2. The third-order valence-corrected chi connectivity index (χ3v) is 3.19. The molecule has 1 aromatic carbocycles. The van der Waals surface area contributed by atoms with Crippen molar-refractivity contribution >= 4 is 39.2 Å². The van der Waals surface area contributed by atoms with Crippen LogP contribution in [0.3, 0.4) is 0 Å². The van der Waals surface area contributed by atoms with Gasteiger partial charge < -0.3 is 16.2 Å². The lowest BCUT2D eigenvalue weighted by molar-refractivity contribution is 0.0695. The number of amides is 1. The molecule has 7 heteroatoms. The standard InChI is InChI=1S/C13H10BrN3O3/c14-10-2-1-7(5-9(10)13(19)20)17-8-3-4-16-11(6-8)12(15)18/h1-6H,(H2,15,18)(H,16,17)(H,19,20). The van der Waals surface area contributed by atoms with Gasteiger partial charge in [0.05, 0.1) is 5.56 Å². The highest BCUT2D eigenvalue weighted by molar-refractivity contribution is 9.10. The number of nitrogens with two attached hydrogens (primary N) is 1. The van der Waals surface area contributed by atoms with Gasteiger partial charge in [-0.1, -0.05) is 0 Å². The number of pyridine rings is 1. The fourth-order valence-corrected chi connectivity index (χ4v) is 1.99. The van der Waals surface area contributed by atoms with Crippen LogP contribution in [-0.4, -0.2) is 22.0 Å². The van der Waals surface area contributed by atoms with E-state index in [9.17, 15) is 9.59 Å². The number of halogens is 1. The molecule has 0 spiro atoms. The van der Waals surface area contributed by atoms with Gasteiger partial charge in [0.2, 0.25) is 0 Å². The molecule has 6 nitrogen and oxygen atoms in total. The summed E-state index contributed by atoms with van der Waals surface area (Å²) in [6, 6.07) is 7.96. The minimum Gasteiger partial charge on any atom is -0.478 e. The van der Waals surface area contributed by atoms with Crippen molar-refractivity contribution in [3.05, 3.63) is 52.3 Å². The molecule has 2 rings (SSSR count). The van der Waals surface area contributed by atoms with Crippen LogP contribution in [0.4, 0.5) is 11.4 Å². The zero-order valence-electron chi connectivity index (χ0n) is 10.1. The van der Waals surface area contributed by atoms with Crippen LogP contribution in [0, 0.1) is 0 Å². The first-order valence-electron chi connectivity index (χ1n) is 5.53. The molecule has 1 aromatic heterocycles. The predicted molar refractivity (Wildman–Crippen MR) is 77.1 cm³/mol. The number of rotatable bonds is 4. The Kier molecular flexibility index (Phi) is 3.99. The van der Waals surface area contributed by atoms with Gasteiger partial charge in [-0.3, -0.25) is 9.78 Å². The molecule has 1 amide bonds. The maximum absolute atomic E-state index is 11.0. The number of carbonyl (C=O) groups is 2. The number of nitrogens with zero attached hydrogens (tertiary/aromatic N) is 1. The molecule has 0 atom stereocenters. The quantitative estimate of drug-likeness (QED) is 0.795. The normalized spacial score (nSPS) is 10.1. The van der Waals surface area contributed by atoms with Crippen molar-refractivity contribution in [2.75, 3.05) is 5.32 Å². The van der Waals surface area contributed by atoms with E-state index in [1.54, 1.807) is 18.2 Å². The van der Waals surface area contributed by atoms with E-state index in [0.717, 1.165) is 0 Å². The zero-order chi connectivity index (χ0) is 14.7. The van der Waals surface area contributed by atoms with Gasteiger partial charge in [-0.25, -0.2) is 4.79 Å². The molecule has 0 unspecified atom stereocenters. The van der Waals surface area contributed by atoms with Crippen molar-refractivity contribution in [1.82, 2.24) is 4.98 Å². The Morgan fingerprint density at radius 3 is 2.55 bits per heavy atom. The summed E-state index contributed by atoms with van der Waals surface area (Å²) in [6.07, 6.45) is 1.44. The molecule has 0 saturated heterocycles. The second kappa shape index (κ2) is 5.70. The van der Waals surface area contributed by atoms with Crippen LogP contribution in [0.15, 0.2) is 41.0 Å². The average Bonchev–Trinajstić information content (AvgIpc) is 2.41. The smallest absolute Gasteiger partial charge is 0.336 e. The van der Waals surface area contributed by atoms with Crippen molar-refractivity contribution in [1.29, 1.82) is 0 Å². The number of benzene rings is 1. The van der Waals surface area contributed by atoms with Crippen molar-refractivity contribution in [3.63, 3.8) is 0 Å². The van der Waals surface area contributed by atoms with E-state index < -0.39 is 11.9 Å². The Hall–Kier alpha value is -2.41. The minimum absolute atomic E-state index is 0.130. The highest BCUT2D eigenvalue weighted by Gasteiger charge is 2.09. The predicted octanol–water partition coefficient (Wildman–Crippen LogP) is 2.38. The van der Waals surface area contributed by atoms with Gasteiger partial charge in [-0.2, -0.15) is 0 Å². The molecule has 20 heavy (non-hydrogen) atoms. The van der Waals surface area contributed by atoms with Gasteiger partial charge in [0.1, 0.15) is 5.69 Å². The molecule has 0 aliphatic rings. The van der Waals surface area contributed by atoms with Gasteiger partial charge in [0.25, 0.3) is 5.91 Å². The van der Waals surface area contributed by atoms with Crippen LogP contribution >= 0.6 is 15.9 Å².